The lowest BCUT2D eigenvalue weighted by Gasteiger charge is -2.29. The lowest BCUT2D eigenvalue weighted by Crippen LogP contribution is -2.43. The van der Waals surface area contributed by atoms with Crippen LogP contribution >= 0.6 is 0 Å². The average Bonchev–Trinajstić information content (AvgIpc) is 2.65. The number of methoxy groups -OCH3 is 1. The topological polar surface area (TPSA) is 92.8 Å². The Morgan fingerprint density at radius 3 is 2.48 bits per heavy atom. The molecule has 0 unspecified atom stereocenters. The van der Waals surface area contributed by atoms with Crippen molar-refractivity contribution < 1.29 is 22.7 Å². The molecule has 2 rings (SSSR count). The van der Waals surface area contributed by atoms with Gasteiger partial charge in [0.2, 0.25) is 15.9 Å². The predicted octanol–water partition coefficient (Wildman–Crippen LogP) is 0.988. The molecule has 0 atom stereocenters. The summed E-state index contributed by atoms with van der Waals surface area (Å²) in [5.74, 6) is -1.06. The first-order valence-electron chi connectivity index (χ1n) is 8.00. The molecule has 136 valence electrons. The second-order valence-electron chi connectivity index (χ2n) is 5.73. The van der Waals surface area contributed by atoms with Crippen LogP contribution in [0.15, 0.2) is 35.7 Å². The molecule has 1 heterocycles. The number of ether oxygens (including phenoxy) is 1. The van der Waals surface area contributed by atoms with Gasteiger partial charge in [-0.05, 0) is 24.5 Å². The van der Waals surface area contributed by atoms with Gasteiger partial charge in [-0.3, -0.25) is 9.59 Å². The number of sulfonamides is 1. The number of benzene rings is 1. The zero-order valence-electron chi connectivity index (χ0n) is 14.1. The van der Waals surface area contributed by atoms with Gasteiger partial charge in [0.15, 0.2) is 0 Å². The second kappa shape index (κ2) is 8.77. The molecule has 1 N–H and O–H groups in total. The van der Waals surface area contributed by atoms with Gasteiger partial charge >= 0.3 is 5.97 Å². The van der Waals surface area contributed by atoms with Crippen LogP contribution < -0.4 is 5.32 Å². The fourth-order valence-corrected chi connectivity index (χ4v) is 3.78. The minimum atomic E-state index is -3.51. The third-order valence-electron chi connectivity index (χ3n) is 4.05. The van der Waals surface area contributed by atoms with Crippen molar-refractivity contribution in [3.05, 3.63) is 41.3 Å². The van der Waals surface area contributed by atoms with Gasteiger partial charge in [-0.25, -0.2) is 8.42 Å². The summed E-state index contributed by atoms with van der Waals surface area (Å²) in [7, 11) is -2.26. The molecule has 1 fully saturated rings. The number of nitrogens with one attached hydrogen (secondary N) is 1. The Hall–Kier alpha value is -2.19. The van der Waals surface area contributed by atoms with E-state index in [0.717, 1.165) is 5.56 Å². The monoisotopic (exact) mass is 366 g/mol. The van der Waals surface area contributed by atoms with Crippen LogP contribution in [0.5, 0.6) is 0 Å². The molecule has 1 aromatic carbocycles. The molecule has 0 saturated carbocycles. The van der Waals surface area contributed by atoms with E-state index in [4.69, 9.17) is 0 Å². The van der Waals surface area contributed by atoms with Crippen LogP contribution in [0.4, 0.5) is 0 Å². The SMILES string of the molecule is COC(=O)CNC(=O)C1CCN(S(=O)(=O)/C=C\c2ccccc2)CC1. The van der Waals surface area contributed by atoms with Crippen LogP contribution in [-0.4, -0.2) is 51.3 Å². The van der Waals surface area contributed by atoms with Crippen LogP contribution in [-0.2, 0) is 24.3 Å². The van der Waals surface area contributed by atoms with Crippen molar-refractivity contribution in [2.24, 2.45) is 5.92 Å². The number of nitrogens with zero attached hydrogens (tertiary/aromatic N) is 1. The molecule has 25 heavy (non-hydrogen) atoms. The van der Waals surface area contributed by atoms with E-state index in [9.17, 15) is 18.0 Å². The van der Waals surface area contributed by atoms with Crippen molar-refractivity contribution in [2.45, 2.75) is 12.8 Å². The third kappa shape index (κ3) is 5.68. The highest BCUT2D eigenvalue weighted by Gasteiger charge is 2.30. The van der Waals surface area contributed by atoms with Gasteiger partial charge in [0, 0.05) is 24.4 Å². The zero-order chi connectivity index (χ0) is 18.3. The number of hydrogen-bond donors (Lipinski definition) is 1. The standard InChI is InChI=1S/C17H22N2O5S/c1-24-16(20)13-18-17(21)15-7-10-19(11-8-15)25(22,23)12-9-14-5-3-2-4-6-14/h2-6,9,12,15H,7-8,10-11,13H2,1H3,(H,18,21)/b12-9-. The normalized spacial score (nSPS) is 16.7. The van der Waals surface area contributed by atoms with Gasteiger partial charge in [-0.15, -0.1) is 0 Å². The molecule has 7 nitrogen and oxygen atoms in total. The first-order valence-corrected chi connectivity index (χ1v) is 9.50. The number of piperidine rings is 1. The Balaban J connectivity index is 1.87. The van der Waals surface area contributed by atoms with Gasteiger partial charge in [0.1, 0.15) is 6.54 Å². The van der Waals surface area contributed by atoms with Crippen LogP contribution in [0.3, 0.4) is 0 Å². The van der Waals surface area contributed by atoms with Crippen LogP contribution in [0.25, 0.3) is 6.08 Å². The number of amides is 1. The van der Waals surface area contributed by atoms with Gasteiger partial charge in [-0.1, -0.05) is 30.3 Å². The van der Waals surface area contributed by atoms with E-state index >= 15 is 0 Å². The molecular weight excluding hydrogens is 344 g/mol. The van der Waals surface area contributed by atoms with Gasteiger partial charge in [-0.2, -0.15) is 4.31 Å². The fraction of sp³-hybridized carbons (Fsp3) is 0.412. The van der Waals surface area contributed by atoms with E-state index in [1.165, 1.54) is 16.8 Å². The number of carbonyl (C=O) groups is 2. The first kappa shape index (κ1) is 19.1. The third-order valence-corrected chi connectivity index (χ3v) is 5.62. The molecular formula is C17H22N2O5S. The average molecular weight is 366 g/mol. The lowest BCUT2D eigenvalue weighted by molar-refractivity contribution is -0.141. The van der Waals surface area contributed by atoms with Gasteiger partial charge in [0.25, 0.3) is 0 Å². The highest BCUT2D eigenvalue weighted by molar-refractivity contribution is 7.92. The molecule has 0 aromatic heterocycles. The molecule has 8 heteroatoms. The summed E-state index contributed by atoms with van der Waals surface area (Å²) in [5.41, 5.74) is 0.808. The Morgan fingerprint density at radius 1 is 1.24 bits per heavy atom. The number of rotatable bonds is 6. The van der Waals surface area contributed by atoms with Gasteiger partial charge < -0.3 is 10.1 Å². The van der Waals surface area contributed by atoms with E-state index in [2.05, 4.69) is 10.1 Å². The molecule has 1 amide bonds. The van der Waals surface area contributed by atoms with Crippen molar-refractivity contribution in [2.75, 3.05) is 26.7 Å². The Kier molecular flexibility index (Phi) is 6.72. The second-order valence-corrected chi connectivity index (χ2v) is 7.54. The molecule has 0 aliphatic carbocycles. The summed E-state index contributed by atoms with van der Waals surface area (Å²) in [4.78, 5) is 23.0. The number of hydrogen-bond acceptors (Lipinski definition) is 5. The molecule has 0 radical (unpaired) electrons. The van der Waals surface area contributed by atoms with Crippen molar-refractivity contribution in [1.82, 2.24) is 9.62 Å². The summed E-state index contributed by atoms with van der Waals surface area (Å²) in [5, 5.41) is 3.70. The lowest BCUT2D eigenvalue weighted by atomic mass is 9.97. The van der Waals surface area contributed by atoms with E-state index in [0.29, 0.717) is 12.8 Å². The number of esters is 1. The maximum Gasteiger partial charge on any atom is 0.325 e. The molecule has 0 bridgehead atoms. The van der Waals surface area contributed by atoms with Crippen LogP contribution in [0, 0.1) is 5.92 Å². The maximum atomic E-state index is 12.4. The van der Waals surface area contributed by atoms with Crippen LogP contribution in [0.1, 0.15) is 18.4 Å². The van der Waals surface area contributed by atoms with E-state index in [1.807, 2.05) is 30.3 Å². The Morgan fingerprint density at radius 2 is 1.88 bits per heavy atom. The zero-order valence-corrected chi connectivity index (χ0v) is 14.9. The Labute approximate surface area is 147 Å². The minimum Gasteiger partial charge on any atom is -0.468 e. The highest BCUT2D eigenvalue weighted by Crippen LogP contribution is 2.21. The van der Waals surface area contributed by atoms with E-state index in [1.54, 1.807) is 6.08 Å². The maximum absolute atomic E-state index is 12.4. The van der Waals surface area contributed by atoms with Crippen molar-refractivity contribution in [3.63, 3.8) is 0 Å². The summed E-state index contributed by atoms with van der Waals surface area (Å²) < 4.78 is 30.6. The van der Waals surface area contributed by atoms with Crippen LogP contribution in [0.2, 0.25) is 0 Å². The largest absolute Gasteiger partial charge is 0.468 e. The van der Waals surface area contributed by atoms with Crippen molar-refractivity contribution >= 4 is 28.0 Å². The summed E-state index contributed by atoms with van der Waals surface area (Å²) in [6.07, 6.45) is 2.40. The summed E-state index contributed by atoms with van der Waals surface area (Å²) >= 11 is 0. The smallest absolute Gasteiger partial charge is 0.325 e. The van der Waals surface area contributed by atoms with E-state index < -0.39 is 16.0 Å². The summed E-state index contributed by atoms with van der Waals surface area (Å²) in [6.45, 7) is 0.378. The molecule has 1 aliphatic heterocycles. The first-order chi connectivity index (χ1) is 11.9. The fourth-order valence-electron chi connectivity index (χ4n) is 2.56. The molecule has 1 aliphatic rings. The molecule has 1 aromatic rings. The minimum absolute atomic E-state index is 0.173. The van der Waals surface area contributed by atoms with Gasteiger partial charge in [0.05, 0.1) is 7.11 Å². The van der Waals surface area contributed by atoms with E-state index in [-0.39, 0.29) is 31.5 Å². The quantitative estimate of drug-likeness (QED) is 0.758. The van der Waals surface area contributed by atoms with Crippen molar-refractivity contribution in [1.29, 1.82) is 0 Å². The predicted molar refractivity (Wildman–Crippen MR) is 93.7 cm³/mol. The number of carbonyl (C=O) groups excluding carboxylic acids is 2. The van der Waals surface area contributed by atoms with Crippen molar-refractivity contribution in [3.8, 4) is 0 Å². The molecule has 0 spiro atoms. The molecule has 1 saturated heterocycles. The highest BCUT2D eigenvalue weighted by atomic mass is 32.2. The Bertz CT molecular complexity index is 723. The summed E-state index contributed by atoms with van der Waals surface area (Å²) in [6, 6.07) is 9.19.